The van der Waals surface area contributed by atoms with Gasteiger partial charge in [-0.15, -0.1) is 0 Å². The molecule has 0 aliphatic heterocycles. The number of carbonyl (C=O) groups is 1. The summed E-state index contributed by atoms with van der Waals surface area (Å²) in [5.41, 5.74) is 0.209. The maximum Gasteiger partial charge on any atom is 0.331 e. The van der Waals surface area contributed by atoms with Crippen molar-refractivity contribution >= 4 is 5.97 Å². The topological polar surface area (TPSA) is 46.5 Å². The molecule has 0 saturated heterocycles. The summed E-state index contributed by atoms with van der Waals surface area (Å²) >= 11 is 0. The van der Waals surface area contributed by atoms with Crippen molar-refractivity contribution in [3.8, 4) is 0 Å². The summed E-state index contributed by atoms with van der Waals surface area (Å²) in [5, 5.41) is 8.38. The van der Waals surface area contributed by atoms with Crippen LogP contribution in [0.5, 0.6) is 0 Å². The lowest BCUT2D eigenvalue weighted by molar-refractivity contribution is -0.132. The highest BCUT2D eigenvalue weighted by molar-refractivity contribution is 5.85. The molecule has 0 heterocycles. The normalized spacial score (nSPS) is 9.55. The molecule has 0 spiro atoms. The standard InChI is InChI=1S/C8H14O3/c1-3-5-11-6-4-7(2)8(9)10/h2-6H2,1H3,(H,9,10). The number of carboxylic acids is 1. The summed E-state index contributed by atoms with van der Waals surface area (Å²) in [6.07, 6.45) is 1.37. The van der Waals surface area contributed by atoms with Gasteiger partial charge in [0.05, 0.1) is 6.61 Å². The molecule has 0 aromatic carbocycles. The van der Waals surface area contributed by atoms with Gasteiger partial charge in [-0.25, -0.2) is 4.79 Å². The molecule has 0 fully saturated rings. The molecule has 64 valence electrons. The largest absolute Gasteiger partial charge is 0.478 e. The summed E-state index contributed by atoms with van der Waals surface area (Å²) in [4.78, 5) is 10.2. The van der Waals surface area contributed by atoms with E-state index in [-0.39, 0.29) is 5.57 Å². The van der Waals surface area contributed by atoms with Crippen LogP contribution in [0.1, 0.15) is 19.8 Å². The van der Waals surface area contributed by atoms with E-state index in [1.807, 2.05) is 6.92 Å². The van der Waals surface area contributed by atoms with Crippen LogP contribution in [0.25, 0.3) is 0 Å². The summed E-state index contributed by atoms with van der Waals surface area (Å²) in [6, 6.07) is 0. The Hall–Kier alpha value is -0.830. The predicted octanol–water partition coefficient (Wildman–Crippen LogP) is 1.44. The Morgan fingerprint density at radius 2 is 2.18 bits per heavy atom. The fourth-order valence-corrected chi connectivity index (χ4v) is 0.549. The van der Waals surface area contributed by atoms with Gasteiger partial charge >= 0.3 is 5.97 Å². The zero-order chi connectivity index (χ0) is 8.69. The molecule has 3 heteroatoms. The van der Waals surface area contributed by atoms with Gasteiger partial charge in [0.2, 0.25) is 0 Å². The van der Waals surface area contributed by atoms with Crippen molar-refractivity contribution < 1.29 is 14.6 Å². The fraction of sp³-hybridized carbons (Fsp3) is 0.625. The van der Waals surface area contributed by atoms with Gasteiger partial charge in [0, 0.05) is 18.6 Å². The number of ether oxygens (including phenoxy) is 1. The number of aliphatic carboxylic acids is 1. The predicted molar refractivity (Wildman–Crippen MR) is 42.5 cm³/mol. The minimum Gasteiger partial charge on any atom is -0.478 e. The quantitative estimate of drug-likeness (QED) is 0.470. The van der Waals surface area contributed by atoms with Crippen LogP contribution >= 0.6 is 0 Å². The van der Waals surface area contributed by atoms with E-state index in [0.717, 1.165) is 6.42 Å². The highest BCUT2D eigenvalue weighted by atomic mass is 16.5. The number of carboxylic acid groups (broad SMARTS) is 1. The molecule has 0 radical (unpaired) electrons. The van der Waals surface area contributed by atoms with Gasteiger partial charge in [0.25, 0.3) is 0 Å². The van der Waals surface area contributed by atoms with E-state index < -0.39 is 5.97 Å². The molecule has 0 bridgehead atoms. The molecule has 3 nitrogen and oxygen atoms in total. The number of hydrogen-bond donors (Lipinski definition) is 1. The summed E-state index contributed by atoms with van der Waals surface area (Å²) in [5.74, 6) is -0.940. The molecule has 0 amide bonds. The minimum absolute atomic E-state index is 0.209. The Balaban J connectivity index is 3.25. The molecule has 1 N–H and O–H groups in total. The van der Waals surface area contributed by atoms with E-state index in [1.165, 1.54) is 0 Å². The molecular formula is C8H14O3. The second-order valence-corrected chi connectivity index (χ2v) is 2.27. The SMILES string of the molecule is C=C(CCOCCC)C(=O)O. The van der Waals surface area contributed by atoms with Crippen LogP contribution in [0.3, 0.4) is 0 Å². The van der Waals surface area contributed by atoms with Gasteiger partial charge in [-0.05, 0) is 6.42 Å². The van der Waals surface area contributed by atoms with E-state index in [9.17, 15) is 4.79 Å². The van der Waals surface area contributed by atoms with E-state index >= 15 is 0 Å². The summed E-state index contributed by atoms with van der Waals surface area (Å²) in [7, 11) is 0. The maximum atomic E-state index is 10.2. The first-order valence-electron chi connectivity index (χ1n) is 3.67. The Kier molecular flexibility index (Phi) is 5.47. The van der Waals surface area contributed by atoms with Crippen LogP contribution in [0, 0.1) is 0 Å². The average molecular weight is 158 g/mol. The Labute approximate surface area is 66.7 Å². The molecule has 0 aliphatic rings. The van der Waals surface area contributed by atoms with Crippen molar-refractivity contribution in [3.63, 3.8) is 0 Å². The van der Waals surface area contributed by atoms with Crippen molar-refractivity contribution in [1.82, 2.24) is 0 Å². The Morgan fingerprint density at radius 3 is 2.64 bits per heavy atom. The third-order valence-corrected chi connectivity index (χ3v) is 1.20. The first-order valence-corrected chi connectivity index (χ1v) is 3.67. The zero-order valence-electron chi connectivity index (χ0n) is 6.80. The van der Waals surface area contributed by atoms with Crippen molar-refractivity contribution in [2.75, 3.05) is 13.2 Å². The van der Waals surface area contributed by atoms with E-state index in [2.05, 4.69) is 6.58 Å². The maximum absolute atomic E-state index is 10.2. The van der Waals surface area contributed by atoms with Crippen LogP contribution in [-0.2, 0) is 9.53 Å². The number of rotatable bonds is 6. The Bertz CT molecular complexity index is 140. The first-order chi connectivity index (χ1) is 5.18. The molecule has 0 aromatic heterocycles. The van der Waals surface area contributed by atoms with E-state index in [4.69, 9.17) is 9.84 Å². The lowest BCUT2D eigenvalue weighted by Crippen LogP contribution is -2.03. The second kappa shape index (κ2) is 5.92. The van der Waals surface area contributed by atoms with Crippen molar-refractivity contribution in [2.24, 2.45) is 0 Å². The van der Waals surface area contributed by atoms with Gasteiger partial charge in [-0.3, -0.25) is 0 Å². The smallest absolute Gasteiger partial charge is 0.331 e. The molecule has 0 atom stereocenters. The van der Waals surface area contributed by atoms with Gasteiger partial charge in [0.15, 0.2) is 0 Å². The van der Waals surface area contributed by atoms with Crippen molar-refractivity contribution in [1.29, 1.82) is 0 Å². The van der Waals surface area contributed by atoms with Gasteiger partial charge in [-0.2, -0.15) is 0 Å². The van der Waals surface area contributed by atoms with Crippen molar-refractivity contribution in [2.45, 2.75) is 19.8 Å². The number of hydrogen-bond acceptors (Lipinski definition) is 2. The molecule has 0 aromatic rings. The van der Waals surface area contributed by atoms with E-state index in [0.29, 0.717) is 19.6 Å². The first kappa shape index (κ1) is 10.2. The molecule has 0 aliphatic carbocycles. The van der Waals surface area contributed by atoms with Crippen LogP contribution in [0.4, 0.5) is 0 Å². The molecule has 11 heavy (non-hydrogen) atoms. The molecule has 0 rings (SSSR count). The second-order valence-electron chi connectivity index (χ2n) is 2.27. The lowest BCUT2D eigenvalue weighted by atomic mass is 10.2. The Morgan fingerprint density at radius 1 is 1.55 bits per heavy atom. The lowest BCUT2D eigenvalue weighted by Gasteiger charge is -2.01. The highest BCUT2D eigenvalue weighted by Crippen LogP contribution is 1.97. The molecule has 0 saturated carbocycles. The van der Waals surface area contributed by atoms with Gasteiger partial charge in [0.1, 0.15) is 0 Å². The van der Waals surface area contributed by atoms with E-state index in [1.54, 1.807) is 0 Å². The average Bonchev–Trinajstić information content (AvgIpc) is 1.97. The van der Waals surface area contributed by atoms with Crippen molar-refractivity contribution in [3.05, 3.63) is 12.2 Å². The minimum atomic E-state index is -0.940. The van der Waals surface area contributed by atoms with Gasteiger partial charge in [-0.1, -0.05) is 13.5 Å². The summed E-state index contributed by atoms with van der Waals surface area (Å²) < 4.78 is 5.08. The summed E-state index contributed by atoms with van der Waals surface area (Å²) in [6.45, 7) is 6.52. The molecular weight excluding hydrogens is 144 g/mol. The van der Waals surface area contributed by atoms with Gasteiger partial charge < -0.3 is 9.84 Å². The third-order valence-electron chi connectivity index (χ3n) is 1.20. The third kappa shape index (κ3) is 5.61. The fourth-order valence-electron chi connectivity index (χ4n) is 0.549. The van der Waals surface area contributed by atoms with Crippen LogP contribution in [0.2, 0.25) is 0 Å². The highest BCUT2D eigenvalue weighted by Gasteiger charge is 2.01. The van der Waals surface area contributed by atoms with Crippen LogP contribution < -0.4 is 0 Å². The monoisotopic (exact) mass is 158 g/mol. The molecule has 0 unspecified atom stereocenters. The van der Waals surface area contributed by atoms with Crippen LogP contribution in [-0.4, -0.2) is 24.3 Å². The zero-order valence-corrected chi connectivity index (χ0v) is 6.80. The van der Waals surface area contributed by atoms with Crippen LogP contribution in [0.15, 0.2) is 12.2 Å².